The topological polar surface area (TPSA) is 72.2 Å². The molecule has 0 spiro atoms. The van der Waals surface area contributed by atoms with Crippen molar-refractivity contribution in [3.63, 3.8) is 0 Å². The molecule has 25 heavy (non-hydrogen) atoms. The fourth-order valence-corrected chi connectivity index (χ4v) is 2.35. The Hall–Kier alpha value is -2.83. The number of hydrogen-bond acceptors (Lipinski definition) is 2. The first-order chi connectivity index (χ1) is 11.7. The molecule has 0 saturated carbocycles. The molecule has 3 N–H and O–H groups in total. The summed E-state index contributed by atoms with van der Waals surface area (Å²) in [5, 5.41) is 2.29. The van der Waals surface area contributed by atoms with E-state index in [4.69, 9.17) is 5.73 Å². The summed E-state index contributed by atoms with van der Waals surface area (Å²) >= 11 is 0. The van der Waals surface area contributed by atoms with Crippen molar-refractivity contribution in [1.29, 1.82) is 0 Å². The van der Waals surface area contributed by atoms with Gasteiger partial charge >= 0.3 is 6.18 Å². The Morgan fingerprint density at radius 3 is 2.24 bits per heavy atom. The highest BCUT2D eigenvalue weighted by atomic mass is 19.4. The maximum absolute atomic E-state index is 13.0. The van der Waals surface area contributed by atoms with Crippen LogP contribution in [0.1, 0.15) is 27.0 Å². The number of halogens is 3. The summed E-state index contributed by atoms with van der Waals surface area (Å²) in [6.45, 7) is 1.89. The van der Waals surface area contributed by atoms with E-state index in [-0.39, 0.29) is 6.42 Å². The molecule has 0 unspecified atom stereocenters. The molecule has 2 aromatic carbocycles. The normalized spacial score (nSPS) is 12.5. The number of primary amides is 1. The fourth-order valence-electron chi connectivity index (χ4n) is 2.35. The number of nitrogens with two attached hydrogens (primary N) is 1. The SMILES string of the molecule is Cc1ccc(C[C@@H](NC(=O)c2ccccc2C(F)(F)F)C(N)=O)cc1. The molecule has 7 heteroatoms. The molecule has 132 valence electrons. The van der Waals surface area contributed by atoms with Gasteiger partial charge in [-0.1, -0.05) is 42.0 Å². The Morgan fingerprint density at radius 1 is 1.08 bits per heavy atom. The molecule has 1 atom stereocenters. The highest BCUT2D eigenvalue weighted by Gasteiger charge is 2.35. The standard InChI is InChI=1S/C18H17F3N2O2/c1-11-6-8-12(9-7-11)10-15(16(22)24)23-17(25)13-4-2-3-5-14(13)18(19,20)21/h2-9,15H,10H2,1H3,(H2,22,24)(H,23,25)/t15-/m1/s1. The van der Waals surface area contributed by atoms with Crippen LogP contribution in [0.5, 0.6) is 0 Å². The second-order valence-corrected chi connectivity index (χ2v) is 5.66. The molecule has 2 rings (SSSR count). The van der Waals surface area contributed by atoms with Gasteiger partial charge in [-0.25, -0.2) is 0 Å². The molecule has 2 amide bonds. The van der Waals surface area contributed by atoms with E-state index in [1.165, 1.54) is 12.1 Å². The van der Waals surface area contributed by atoms with Crippen LogP contribution in [0, 0.1) is 6.92 Å². The van der Waals surface area contributed by atoms with E-state index in [0.717, 1.165) is 23.3 Å². The molecule has 0 heterocycles. The summed E-state index contributed by atoms with van der Waals surface area (Å²) in [4.78, 5) is 23.9. The molecular formula is C18H17F3N2O2. The van der Waals surface area contributed by atoms with Crippen LogP contribution in [0.3, 0.4) is 0 Å². The maximum atomic E-state index is 13.0. The first-order valence-electron chi connectivity index (χ1n) is 7.50. The van der Waals surface area contributed by atoms with Crippen LogP contribution in [0.25, 0.3) is 0 Å². The summed E-state index contributed by atoms with van der Waals surface area (Å²) in [6.07, 6.45) is -4.58. The van der Waals surface area contributed by atoms with E-state index in [1.807, 2.05) is 19.1 Å². The van der Waals surface area contributed by atoms with Crippen LogP contribution < -0.4 is 11.1 Å². The lowest BCUT2D eigenvalue weighted by molar-refractivity contribution is -0.137. The van der Waals surface area contributed by atoms with Gasteiger partial charge < -0.3 is 11.1 Å². The summed E-state index contributed by atoms with van der Waals surface area (Å²) < 4.78 is 39.1. The number of nitrogens with one attached hydrogen (secondary N) is 1. The lowest BCUT2D eigenvalue weighted by atomic mass is 10.0. The summed E-state index contributed by atoms with van der Waals surface area (Å²) in [7, 11) is 0. The van der Waals surface area contributed by atoms with Gasteiger partial charge in [-0.2, -0.15) is 13.2 Å². The van der Waals surface area contributed by atoms with E-state index in [1.54, 1.807) is 12.1 Å². The van der Waals surface area contributed by atoms with Gasteiger partial charge in [0, 0.05) is 6.42 Å². The van der Waals surface area contributed by atoms with Crippen LogP contribution in [0.4, 0.5) is 13.2 Å². The van der Waals surface area contributed by atoms with Crippen molar-refractivity contribution < 1.29 is 22.8 Å². The molecule has 0 fully saturated rings. The fraction of sp³-hybridized carbons (Fsp3) is 0.222. The quantitative estimate of drug-likeness (QED) is 0.870. The van der Waals surface area contributed by atoms with Gasteiger partial charge in [0.15, 0.2) is 0 Å². The smallest absolute Gasteiger partial charge is 0.368 e. The Morgan fingerprint density at radius 2 is 1.68 bits per heavy atom. The third-order valence-electron chi connectivity index (χ3n) is 3.69. The number of carbonyl (C=O) groups excluding carboxylic acids is 2. The van der Waals surface area contributed by atoms with E-state index in [2.05, 4.69) is 5.32 Å². The van der Waals surface area contributed by atoms with Gasteiger partial charge in [0.1, 0.15) is 6.04 Å². The third kappa shape index (κ3) is 4.82. The van der Waals surface area contributed by atoms with E-state index in [9.17, 15) is 22.8 Å². The van der Waals surface area contributed by atoms with Crippen molar-refractivity contribution in [3.05, 3.63) is 70.8 Å². The largest absolute Gasteiger partial charge is 0.417 e. The number of carbonyl (C=O) groups is 2. The summed E-state index contributed by atoms with van der Waals surface area (Å²) in [5.74, 6) is -1.82. The van der Waals surface area contributed by atoms with Crippen molar-refractivity contribution in [3.8, 4) is 0 Å². The van der Waals surface area contributed by atoms with E-state index in [0.29, 0.717) is 0 Å². The third-order valence-corrected chi connectivity index (χ3v) is 3.69. The molecule has 0 bridgehead atoms. The van der Waals surface area contributed by atoms with Crippen molar-refractivity contribution in [1.82, 2.24) is 5.32 Å². The number of benzene rings is 2. The van der Waals surface area contributed by atoms with Gasteiger partial charge in [-0.05, 0) is 24.6 Å². The summed E-state index contributed by atoms with van der Waals surface area (Å²) in [6, 6.07) is 10.5. The number of alkyl halides is 3. The van der Waals surface area contributed by atoms with E-state index < -0.39 is 35.2 Å². The van der Waals surface area contributed by atoms with Gasteiger partial charge in [0.05, 0.1) is 11.1 Å². The van der Waals surface area contributed by atoms with E-state index >= 15 is 0 Å². The molecule has 0 aliphatic heterocycles. The zero-order valence-corrected chi connectivity index (χ0v) is 13.4. The first-order valence-corrected chi connectivity index (χ1v) is 7.50. The Balaban J connectivity index is 2.21. The average Bonchev–Trinajstić information content (AvgIpc) is 2.55. The number of amides is 2. The number of hydrogen-bond donors (Lipinski definition) is 2. The molecule has 0 aliphatic carbocycles. The van der Waals surface area contributed by atoms with Crippen molar-refractivity contribution in [2.75, 3.05) is 0 Å². The Kier molecular flexibility index (Phi) is 5.46. The van der Waals surface area contributed by atoms with Crippen LogP contribution in [0.15, 0.2) is 48.5 Å². The van der Waals surface area contributed by atoms with Gasteiger partial charge in [-0.15, -0.1) is 0 Å². The van der Waals surface area contributed by atoms with Gasteiger partial charge in [0.25, 0.3) is 5.91 Å². The van der Waals surface area contributed by atoms with Crippen LogP contribution in [0.2, 0.25) is 0 Å². The molecule has 0 aromatic heterocycles. The van der Waals surface area contributed by atoms with Crippen molar-refractivity contribution >= 4 is 11.8 Å². The number of aryl methyl sites for hydroxylation is 1. The molecule has 4 nitrogen and oxygen atoms in total. The predicted molar refractivity (Wildman–Crippen MR) is 86.8 cm³/mol. The van der Waals surface area contributed by atoms with Crippen molar-refractivity contribution in [2.45, 2.75) is 25.6 Å². The zero-order valence-electron chi connectivity index (χ0n) is 13.4. The van der Waals surface area contributed by atoms with Crippen molar-refractivity contribution in [2.24, 2.45) is 5.73 Å². The minimum Gasteiger partial charge on any atom is -0.368 e. The maximum Gasteiger partial charge on any atom is 0.417 e. The lowest BCUT2D eigenvalue weighted by Crippen LogP contribution is -2.46. The van der Waals surface area contributed by atoms with Crippen LogP contribution >= 0.6 is 0 Å². The molecule has 0 aliphatic rings. The molecule has 0 radical (unpaired) electrons. The Bertz CT molecular complexity index is 771. The zero-order chi connectivity index (χ0) is 18.6. The second-order valence-electron chi connectivity index (χ2n) is 5.66. The Labute approximate surface area is 142 Å². The lowest BCUT2D eigenvalue weighted by Gasteiger charge is -2.18. The van der Waals surface area contributed by atoms with Gasteiger partial charge in [-0.3, -0.25) is 9.59 Å². The van der Waals surface area contributed by atoms with Crippen LogP contribution in [-0.2, 0) is 17.4 Å². The molecular weight excluding hydrogens is 333 g/mol. The predicted octanol–water partition coefficient (Wildman–Crippen LogP) is 2.84. The minimum absolute atomic E-state index is 0.0928. The van der Waals surface area contributed by atoms with Gasteiger partial charge in [0.2, 0.25) is 5.91 Å². The average molecular weight is 350 g/mol. The molecule has 2 aromatic rings. The number of rotatable bonds is 5. The molecule has 0 saturated heterocycles. The highest BCUT2D eigenvalue weighted by Crippen LogP contribution is 2.31. The second kappa shape index (κ2) is 7.38. The summed E-state index contributed by atoms with van der Waals surface area (Å²) in [5.41, 5.74) is 5.43. The monoisotopic (exact) mass is 350 g/mol. The first kappa shape index (κ1) is 18.5. The minimum atomic E-state index is -4.67. The highest BCUT2D eigenvalue weighted by molar-refractivity contribution is 5.98. The van der Waals surface area contributed by atoms with Crippen LogP contribution in [-0.4, -0.2) is 17.9 Å².